The lowest BCUT2D eigenvalue weighted by Gasteiger charge is -2.33. The van der Waals surface area contributed by atoms with E-state index in [-0.39, 0.29) is 17.7 Å². The standard InChI is InChI=1S/C22H31BF2N2O5/c1-20(2,3)30-19(29)26-14-9-8-12-27(18(14)28)15-11-10-13(16(24)17(15)25)23-31-21(4,5)22(6,7)32-23/h10-11,14H,8-9,12H2,1-7H3,(H,26,29). The molecule has 1 N–H and O–H groups in total. The van der Waals surface area contributed by atoms with Crippen LogP contribution in [-0.4, -0.2) is 48.5 Å². The van der Waals surface area contributed by atoms with Crippen molar-refractivity contribution < 1.29 is 32.4 Å². The van der Waals surface area contributed by atoms with Crippen LogP contribution in [0.5, 0.6) is 0 Å². The zero-order valence-corrected chi connectivity index (χ0v) is 19.7. The topological polar surface area (TPSA) is 77.1 Å². The Bertz CT molecular complexity index is 900. The van der Waals surface area contributed by atoms with Crippen LogP contribution in [-0.2, 0) is 18.8 Å². The monoisotopic (exact) mass is 452 g/mol. The van der Waals surface area contributed by atoms with Gasteiger partial charge in [0, 0.05) is 12.0 Å². The Labute approximate surface area is 187 Å². The van der Waals surface area contributed by atoms with Gasteiger partial charge in [-0.25, -0.2) is 13.6 Å². The van der Waals surface area contributed by atoms with Gasteiger partial charge in [-0.05, 0) is 67.4 Å². The number of benzene rings is 1. The van der Waals surface area contributed by atoms with Crippen LogP contribution in [0.25, 0.3) is 0 Å². The van der Waals surface area contributed by atoms with Gasteiger partial charge in [-0.3, -0.25) is 4.79 Å². The summed E-state index contributed by atoms with van der Waals surface area (Å²) >= 11 is 0. The fraction of sp³-hybridized carbons (Fsp3) is 0.636. The molecule has 0 aromatic heterocycles. The molecule has 0 radical (unpaired) electrons. The second-order valence-electron chi connectivity index (χ2n) is 10.2. The molecule has 176 valence electrons. The minimum Gasteiger partial charge on any atom is -0.444 e. The molecule has 1 aromatic rings. The molecule has 2 amide bonds. The summed E-state index contributed by atoms with van der Waals surface area (Å²) in [5, 5.41) is 2.52. The quantitative estimate of drug-likeness (QED) is 0.713. The van der Waals surface area contributed by atoms with Crippen LogP contribution in [0, 0.1) is 11.6 Å². The zero-order valence-electron chi connectivity index (χ0n) is 19.7. The average Bonchev–Trinajstić information content (AvgIpc) is 2.85. The van der Waals surface area contributed by atoms with Crippen LogP contribution >= 0.6 is 0 Å². The number of ether oxygens (including phenoxy) is 1. The van der Waals surface area contributed by atoms with Gasteiger partial charge in [-0.2, -0.15) is 0 Å². The third kappa shape index (κ3) is 4.76. The number of piperidine rings is 1. The van der Waals surface area contributed by atoms with Gasteiger partial charge in [0.25, 0.3) is 0 Å². The van der Waals surface area contributed by atoms with Crippen molar-refractivity contribution in [2.75, 3.05) is 11.4 Å². The molecule has 2 saturated heterocycles. The summed E-state index contributed by atoms with van der Waals surface area (Å²) in [4.78, 5) is 26.1. The molecule has 2 fully saturated rings. The Kier molecular flexibility index (Phi) is 6.34. The highest BCUT2D eigenvalue weighted by Crippen LogP contribution is 2.37. The first kappa shape index (κ1) is 24.4. The largest absolute Gasteiger partial charge is 0.497 e. The van der Waals surface area contributed by atoms with Crippen molar-refractivity contribution in [1.29, 1.82) is 0 Å². The maximum Gasteiger partial charge on any atom is 0.497 e. The molecule has 0 aliphatic carbocycles. The molecule has 2 aliphatic heterocycles. The Hall–Kier alpha value is -2.20. The maximum atomic E-state index is 15.1. The maximum absolute atomic E-state index is 15.1. The van der Waals surface area contributed by atoms with E-state index in [2.05, 4.69) is 5.32 Å². The Morgan fingerprint density at radius 3 is 2.31 bits per heavy atom. The van der Waals surface area contributed by atoms with Crippen molar-refractivity contribution in [2.24, 2.45) is 0 Å². The Balaban J connectivity index is 1.80. The van der Waals surface area contributed by atoms with Crippen LogP contribution < -0.4 is 15.7 Å². The highest BCUT2D eigenvalue weighted by atomic mass is 19.2. The summed E-state index contributed by atoms with van der Waals surface area (Å²) in [6.45, 7) is 12.6. The van der Waals surface area contributed by atoms with E-state index in [1.807, 2.05) is 27.7 Å². The van der Waals surface area contributed by atoms with Crippen molar-refractivity contribution in [1.82, 2.24) is 5.32 Å². The summed E-state index contributed by atoms with van der Waals surface area (Å²) in [6.07, 6.45) is 0.150. The van der Waals surface area contributed by atoms with E-state index in [0.29, 0.717) is 12.8 Å². The van der Waals surface area contributed by atoms with Gasteiger partial charge in [-0.1, -0.05) is 6.07 Å². The van der Waals surface area contributed by atoms with E-state index in [1.165, 1.54) is 12.1 Å². The third-order valence-electron chi connectivity index (χ3n) is 6.02. The number of hydrogen-bond donors (Lipinski definition) is 1. The molecule has 32 heavy (non-hydrogen) atoms. The minimum atomic E-state index is -1.16. The number of nitrogens with one attached hydrogen (secondary N) is 1. The van der Waals surface area contributed by atoms with Crippen LogP contribution in [0.2, 0.25) is 0 Å². The number of hydrogen-bond acceptors (Lipinski definition) is 5. The molecular formula is C22H31BF2N2O5. The molecule has 1 aromatic carbocycles. The van der Waals surface area contributed by atoms with E-state index in [1.54, 1.807) is 20.8 Å². The molecule has 2 aliphatic rings. The van der Waals surface area contributed by atoms with Crippen molar-refractivity contribution >= 4 is 30.3 Å². The van der Waals surface area contributed by atoms with Crippen LogP contribution in [0.15, 0.2) is 12.1 Å². The summed E-state index contributed by atoms with van der Waals surface area (Å²) in [5.41, 5.74) is -2.40. The van der Waals surface area contributed by atoms with E-state index in [0.717, 1.165) is 4.90 Å². The molecule has 0 saturated carbocycles. The Morgan fingerprint density at radius 1 is 1.16 bits per heavy atom. The highest BCUT2D eigenvalue weighted by molar-refractivity contribution is 6.62. The van der Waals surface area contributed by atoms with E-state index in [4.69, 9.17) is 14.0 Å². The molecular weight excluding hydrogens is 421 g/mol. The second-order valence-corrected chi connectivity index (χ2v) is 10.2. The number of anilines is 1. The molecule has 0 bridgehead atoms. The lowest BCUT2D eigenvalue weighted by molar-refractivity contribution is -0.121. The van der Waals surface area contributed by atoms with E-state index < -0.39 is 53.6 Å². The predicted molar refractivity (Wildman–Crippen MR) is 117 cm³/mol. The van der Waals surface area contributed by atoms with Crippen molar-refractivity contribution in [2.45, 2.75) is 84.2 Å². The summed E-state index contributed by atoms with van der Waals surface area (Å²) < 4.78 is 46.9. The first-order chi connectivity index (χ1) is 14.6. The van der Waals surface area contributed by atoms with Gasteiger partial charge in [0.05, 0.1) is 16.9 Å². The number of carbonyl (C=O) groups is 2. The molecule has 0 spiro atoms. The van der Waals surface area contributed by atoms with Crippen LogP contribution in [0.4, 0.5) is 19.3 Å². The molecule has 7 nitrogen and oxygen atoms in total. The summed E-state index contributed by atoms with van der Waals surface area (Å²) in [7, 11) is -1.07. The molecule has 1 atom stereocenters. The molecule has 10 heteroatoms. The smallest absolute Gasteiger partial charge is 0.444 e. The van der Waals surface area contributed by atoms with Gasteiger partial charge in [0.15, 0.2) is 11.6 Å². The number of alkyl carbamates (subject to hydrolysis) is 1. The molecule has 3 rings (SSSR count). The number of carbonyl (C=O) groups excluding carboxylic acids is 2. The number of halogens is 2. The van der Waals surface area contributed by atoms with Crippen molar-refractivity contribution in [3.8, 4) is 0 Å². The first-order valence-electron chi connectivity index (χ1n) is 10.8. The molecule has 2 heterocycles. The van der Waals surface area contributed by atoms with Gasteiger partial charge in [0.2, 0.25) is 5.91 Å². The fourth-order valence-electron chi connectivity index (χ4n) is 3.61. The van der Waals surface area contributed by atoms with Gasteiger partial charge in [-0.15, -0.1) is 0 Å². The second kappa shape index (κ2) is 8.30. The van der Waals surface area contributed by atoms with E-state index >= 15 is 8.78 Å². The lowest BCUT2D eigenvalue weighted by atomic mass is 9.78. The number of amides is 2. The fourth-order valence-corrected chi connectivity index (χ4v) is 3.61. The van der Waals surface area contributed by atoms with Crippen LogP contribution in [0.1, 0.15) is 61.3 Å². The SMILES string of the molecule is CC(C)(C)OC(=O)NC1CCCN(c2ccc(B3OC(C)(C)C(C)(C)O3)c(F)c2F)C1=O. The summed E-state index contributed by atoms with van der Waals surface area (Å²) in [5.74, 6) is -2.82. The summed E-state index contributed by atoms with van der Waals surface area (Å²) in [6, 6.07) is 1.82. The van der Waals surface area contributed by atoms with Crippen LogP contribution in [0.3, 0.4) is 0 Å². The number of nitrogens with zero attached hydrogens (tertiary/aromatic N) is 1. The average molecular weight is 452 g/mol. The Morgan fingerprint density at radius 2 is 1.75 bits per heavy atom. The third-order valence-corrected chi connectivity index (χ3v) is 6.02. The van der Waals surface area contributed by atoms with Crippen molar-refractivity contribution in [3.63, 3.8) is 0 Å². The lowest BCUT2D eigenvalue weighted by Crippen LogP contribution is -2.53. The highest BCUT2D eigenvalue weighted by Gasteiger charge is 2.52. The first-order valence-corrected chi connectivity index (χ1v) is 10.8. The number of rotatable bonds is 3. The van der Waals surface area contributed by atoms with Gasteiger partial charge in [0.1, 0.15) is 11.6 Å². The van der Waals surface area contributed by atoms with E-state index in [9.17, 15) is 9.59 Å². The predicted octanol–water partition coefficient (Wildman–Crippen LogP) is 3.28. The zero-order chi connectivity index (χ0) is 24.1. The van der Waals surface area contributed by atoms with Gasteiger partial charge < -0.3 is 24.3 Å². The normalized spacial score (nSPS) is 22.8. The van der Waals surface area contributed by atoms with Crippen molar-refractivity contribution in [3.05, 3.63) is 23.8 Å². The molecule has 1 unspecified atom stereocenters. The minimum absolute atomic E-state index is 0.0715. The van der Waals surface area contributed by atoms with Gasteiger partial charge >= 0.3 is 13.2 Å².